The van der Waals surface area contributed by atoms with Crippen molar-refractivity contribution in [2.45, 2.75) is 12.7 Å². The van der Waals surface area contributed by atoms with E-state index < -0.39 is 5.97 Å². The van der Waals surface area contributed by atoms with E-state index in [1.54, 1.807) is 0 Å². The number of carboxylic acid groups (broad SMARTS) is 1. The Hall–Kier alpha value is -0.870. The molecule has 1 heterocycles. The highest BCUT2D eigenvalue weighted by Gasteiger charge is 2.22. The maximum absolute atomic E-state index is 10.2. The van der Waals surface area contributed by atoms with E-state index in [4.69, 9.17) is 14.6 Å². The monoisotopic (exact) mass is 158 g/mol. The number of epoxide rings is 1. The van der Waals surface area contributed by atoms with Gasteiger partial charge in [0.1, 0.15) is 6.61 Å². The first-order valence-corrected chi connectivity index (χ1v) is 3.34. The molecular weight excluding hydrogens is 148 g/mol. The molecular formula is C7H10O4. The van der Waals surface area contributed by atoms with Gasteiger partial charge in [-0.3, -0.25) is 0 Å². The molecule has 0 saturated carbocycles. The second-order valence-electron chi connectivity index (χ2n) is 2.29. The van der Waals surface area contributed by atoms with Gasteiger partial charge in [0.15, 0.2) is 6.29 Å². The summed E-state index contributed by atoms with van der Waals surface area (Å²) in [6.07, 6.45) is 0.256. The van der Waals surface area contributed by atoms with Crippen LogP contribution in [0.4, 0.5) is 0 Å². The molecule has 0 amide bonds. The minimum absolute atomic E-state index is 0.100. The number of carboxylic acids is 1. The summed E-state index contributed by atoms with van der Waals surface area (Å²) >= 11 is 0. The standard InChI is InChI=1S/C7H10O4/c1-5(7(8)9)2-3-10-6-4-11-6/h6H,1-4H2,(H,8,9). The van der Waals surface area contributed by atoms with E-state index in [2.05, 4.69) is 6.58 Å². The van der Waals surface area contributed by atoms with Crippen LogP contribution in [-0.2, 0) is 14.3 Å². The van der Waals surface area contributed by atoms with Crippen LogP contribution in [0.15, 0.2) is 12.2 Å². The van der Waals surface area contributed by atoms with Gasteiger partial charge in [0.05, 0.1) is 6.61 Å². The third-order valence-electron chi connectivity index (χ3n) is 1.31. The van der Waals surface area contributed by atoms with Crippen LogP contribution in [0.5, 0.6) is 0 Å². The second-order valence-corrected chi connectivity index (χ2v) is 2.29. The number of rotatable bonds is 5. The number of hydrogen-bond donors (Lipinski definition) is 1. The highest BCUT2D eigenvalue weighted by molar-refractivity contribution is 5.85. The summed E-state index contributed by atoms with van der Waals surface area (Å²) in [6.45, 7) is 4.35. The lowest BCUT2D eigenvalue weighted by molar-refractivity contribution is -0.133. The third kappa shape index (κ3) is 3.15. The van der Waals surface area contributed by atoms with Gasteiger partial charge in [-0.15, -0.1) is 0 Å². The summed E-state index contributed by atoms with van der Waals surface area (Å²) < 4.78 is 9.78. The molecule has 4 nitrogen and oxygen atoms in total. The lowest BCUT2D eigenvalue weighted by Gasteiger charge is -1.99. The number of hydrogen-bond acceptors (Lipinski definition) is 3. The zero-order chi connectivity index (χ0) is 8.27. The van der Waals surface area contributed by atoms with Crippen molar-refractivity contribution < 1.29 is 19.4 Å². The van der Waals surface area contributed by atoms with Gasteiger partial charge in [-0.05, 0) is 0 Å². The average Bonchev–Trinajstić information content (AvgIpc) is 2.71. The highest BCUT2D eigenvalue weighted by Crippen LogP contribution is 2.11. The summed E-state index contributed by atoms with van der Waals surface area (Å²) in [5.74, 6) is -0.967. The highest BCUT2D eigenvalue weighted by atomic mass is 16.8. The van der Waals surface area contributed by atoms with Gasteiger partial charge in [-0.1, -0.05) is 6.58 Å². The van der Waals surface area contributed by atoms with Gasteiger partial charge < -0.3 is 14.6 Å². The molecule has 4 heteroatoms. The lowest BCUT2D eigenvalue weighted by atomic mass is 10.2. The molecule has 1 saturated heterocycles. The normalized spacial score (nSPS) is 21.3. The van der Waals surface area contributed by atoms with Crippen LogP contribution >= 0.6 is 0 Å². The Morgan fingerprint density at radius 1 is 1.82 bits per heavy atom. The summed E-state index contributed by atoms with van der Waals surface area (Å²) in [5.41, 5.74) is 0.172. The number of carbonyl (C=O) groups is 1. The van der Waals surface area contributed by atoms with Crippen LogP contribution in [0.25, 0.3) is 0 Å². The average molecular weight is 158 g/mol. The molecule has 1 N–H and O–H groups in total. The van der Waals surface area contributed by atoms with Gasteiger partial charge >= 0.3 is 5.97 Å². The third-order valence-corrected chi connectivity index (χ3v) is 1.31. The van der Waals surface area contributed by atoms with E-state index in [1.165, 1.54) is 0 Å². The fourth-order valence-corrected chi connectivity index (χ4v) is 0.556. The van der Waals surface area contributed by atoms with E-state index in [0.29, 0.717) is 19.6 Å². The fourth-order valence-electron chi connectivity index (χ4n) is 0.556. The van der Waals surface area contributed by atoms with Crippen LogP contribution < -0.4 is 0 Å². The van der Waals surface area contributed by atoms with E-state index in [0.717, 1.165) is 0 Å². The van der Waals surface area contributed by atoms with Gasteiger partial charge in [0.25, 0.3) is 0 Å². The van der Waals surface area contributed by atoms with E-state index in [1.807, 2.05) is 0 Å². The quantitative estimate of drug-likeness (QED) is 0.464. The van der Waals surface area contributed by atoms with Gasteiger partial charge in [0, 0.05) is 12.0 Å². The molecule has 0 aromatic carbocycles. The Labute approximate surface area is 64.4 Å². The molecule has 0 aromatic rings. The van der Waals surface area contributed by atoms with Crippen LogP contribution in [0.1, 0.15) is 6.42 Å². The minimum Gasteiger partial charge on any atom is -0.478 e. The van der Waals surface area contributed by atoms with Gasteiger partial charge in [-0.25, -0.2) is 4.79 Å². The lowest BCUT2D eigenvalue weighted by Crippen LogP contribution is -2.04. The molecule has 0 radical (unpaired) electrons. The van der Waals surface area contributed by atoms with Crippen molar-refractivity contribution in [3.8, 4) is 0 Å². The van der Waals surface area contributed by atoms with Crippen molar-refractivity contribution >= 4 is 5.97 Å². The van der Waals surface area contributed by atoms with Crippen molar-refractivity contribution in [2.75, 3.05) is 13.2 Å². The maximum atomic E-state index is 10.2. The van der Waals surface area contributed by atoms with Crippen LogP contribution in [0.3, 0.4) is 0 Å². The SMILES string of the molecule is C=C(CCOC1CO1)C(=O)O. The van der Waals surface area contributed by atoms with Gasteiger partial charge in [-0.2, -0.15) is 0 Å². The molecule has 62 valence electrons. The topological polar surface area (TPSA) is 59.1 Å². The first kappa shape index (κ1) is 8.23. The van der Waals surface area contributed by atoms with Crippen molar-refractivity contribution in [1.82, 2.24) is 0 Å². The zero-order valence-corrected chi connectivity index (χ0v) is 6.08. The van der Waals surface area contributed by atoms with E-state index in [-0.39, 0.29) is 11.9 Å². The first-order valence-electron chi connectivity index (χ1n) is 3.34. The number of aliphatic carboxylic acids is 1. The molecule has 0 bridgehead atoms. The molecule has 1 unspecified atom stereocenters. The van der Waals surface area contributed by atoms with Crippen LogP contribution in [-0.4, -0.2) is 30.6 Å². The molecule has 1 atom stereocenters. The maximum Gasteiger partial charge on any atom is 0.331 e. The van der Waals surface area contributed by atoms with Crippen molar-refractivity contribution in [3.05, 3.63) is 12.2 Å². The van der Waals surface area contributed by atoms with Crippen molar-refractivity contribution in [2.24, 2.45) is 0 Å². The Kier molecular flexibility index (Phi) is 2.62. The Bertz CT molecular complexity index is 171. The molecule has 0 spiro atoms. The van der Waals surface area contributed by atoms with Crippen LogP contribution in [0, 0.1) is 0 Å². The molecule has 1 aliphatic heterocycles. The predicted molar refractivity (Wildman–Crippen MR) is 37.1 cm³/mol. The molecule has 0 aromatic heterocycles. The molecule has 11 heavy (non-hydrogen) atoms. The molecule has 0 aliphatic carbocycles. The van der Waals surface area contributed by atoms with E-state index >= 15 is 0 Å². The summed E-state index contributed by atoms with van der Waals surface area (Å²) in [6, 6.07) is 0. The predicted octanol–water partition coefficient (Wildman–Crippen LogP) is 0.390. The Balaban J connectivity index is 2.01. The first-order chi connectivity index (χ1) is 5.20. The van der Waals surface area contributed by atoms with Gasteiger partial charge in [0.2, 0.25) is 0 Å². The Morgan fingerprint density at radius 3 is 2.91 bits per heavy atom. The summed E-state index contributed by atoms with van der Waals surface area (Å²) in [7, 11) is 0. The fraction of sp³-hybridized carbons (Fsp3) is 0.571. The van der Waals surface area contributed by atoms with Crippen molar-refractivity contribution in [1.29, 1.82) is 0 Å². The minimum atomic E-state index is -0.967. The summed E-state index contributed by atoms with van der Waals surface area (Å²) in [5, 5.41) is 8.38. The Morgan fingerprint density at radius 2 is 2.45 bits per heavy atom. The van der Waals surface area contributed by atoms with Crippen molar-refractivity contribution in [3.63, 3.8) is 0 Å². The second kappa shape index (κ2) is 3.50. The van der Waals surface area contributed by atoms with Crippen LogP contribution in [0.2, 0.25) is 0 Å². The molecule has 1 fully saturated rings. The molecule has 1 rings (SSSR count). The largest absolute Gasteiger partial charge is 0.478 e. The number of ether oxygens (including phenoxy) is 2. The summed E-state index contributed by atoms with van der Waals surface area (Å²) in [4.78, 5) is 10.2. The zero-order valence-electron chi connectivity index (χ0n) is 6.08. The van der Waals surface area contributed by atoms with E-state index in [9.17, 15) is 4.79 Å². The smallest absolute Gasteiger partial charge is 0.331 e. The molecule has 1 aliphatic rings.